The number of aryl methyl sites for hydroxylation is 1. The van der Waals surface area contributed by atoms with Crippen molar-refractivity contribution in [2.24, 2.45) is 0 Å². The van der Waals surface area contributed by atoms with Crippen molar-refractivity contribution in [3.8, 4) is 0 Å². The maximum absolute atomic E-state index is 12.9. The van der Waals surface area contributed by atoms with Crippen LogP contribution in [0.5, 0.6) is 0 Å². The van der Waals surface area contributed by atoms with Crippen molar-refractivity contribution in [2.45, 2.75) is 19.0 Å². The Morgan fingerprint density at radius 1 is 1.38 bits per heavy atom. The number of hydrogen-bond donors (Lipinski definition) is 2. The van der Waals surface area contributed by atoms with Gasteiger partial charge in [0.05, 0.1) is 17.6 Å². The molecule has 0 radical (unpaired) electrons. The van der Waals surface area contributed by atoms with E-state index in [-0.39, 0.29) is 17.1 Å². The molecule has 21 heavy (non-hydrogen) atoms. The first-order valence-corrected chi connectivity index (χ1v) is 6.38. The second-order valence-corrected chi connectivity index (χ2v) is 4.75. The van der Waals surface area contributed by atoms with Gasteiger partial charge in [0.2, 0.25) is 5.91 Å². The number of rotatable bonds is 4. The summed E-state index contributed by atoms with van der Waals surface area (Å²) in [4.78, 5) is 18.3. The zero-order valence-corrected chi connectivity index (χ0v) is 11.4. The van der Waals surface area contributed by atoms with Gasteiger partial charge in [-0.1, -0.05) is 11.6 Å². The van der Waals surface area contributed by atoms with Crippen molar-refractivity contribution in [1.82, 2.24) is 9.97 Å². The highest BCUT2D eigenvalue weighted by atomic mass is 35.5. The highest BCUT2D eigenvalue weighted by Crippen LogP contribution is 2.36. The minimum atomic E-state index is -4.59. The number of aromatic amines is 1. The zero-order chi connectivity index (χ0) is 15.5. The number of alkyl halides is 3. The van der Waals surface area contributed by atoms with E-state index in [1.54, 1.807) is 6.20 Å². The number of imidazole rings is 1. The fourth-order valence-corrected chi connectivity index (χ4v) is 1.91. The Balaban J connectivity index is 2.06. The van der Waals surface area contributed by atoms with Gasteiger partial charge in [0.25, 0.3) is 0 Å². The molecule has 0 saturated heterocycles. The van der Waals surface area contributed by atoms with Crippen LogP contribution in [-0.2, 0) is 17.4 Å². The van der Waals surface area contributed by atoms with Gasteiger partial charge in [0.1, 0.15) is 0 Å². The first-order chi connectivity index (χ1) is 9.86. The van der Waals surface area contributed by atoms with Crippen LogP contribution in [0.2, 0.25) is 5.02 Å². The van der Waals surface area contributed by atoms with Gasteiger partial charge < -0.3 is 10.3 Å². The number of nitrogens with zero attached hydrogens (tertiary/aromatic N) is 1. The number of amides is 1. The molecule has 1 aromatic carbocycles. The van der Waals surface area contributed by atoms with Crippen molar-refractivity contribution in [1.29, 1.82) is 0 Å². The molecule has 0 aliphatic heterocycles. The fraction of sp³-hybridized carbons (Fsp3) is 0.231. The highest BCUT2D eigenvalue weighted by Gasteiger charge is 2.34. The number of halogens is 4. The number of anilines is 1. The van der Waals surface area contributed by atoms with Gasteiger partial charge in [-0.3, -0.25) is 4.79 Å². The number of H-pyrrole nitrogens is 1. The molecule has 0 bridgehead atoms. The molecule has 0 fully saturated rings. The predicted molar refractivity (Wildman–Crippen MR) is 72.0 cm³/mol. The van der Waals surface area contributed by atoms with Crippen LogP contribution in [0.1, 0.15) is 17.7 Å². The summed E-state index contributed by atoms with van der Waals surface area (Å²) in [5.41, 5.74) is -0.538. The molecule has 0 atom stereocenters. The molecular formula is C13H11ClF3N3O. The number of aromatic nitrogens is 2. The number of hydrogen-bond acceptors (Lipinski definition) is 2. The van der Waals surface area contributed by atoms with Gasteiger partial charge in [0.15, 0.2) is 0 Å². The lowest BCUT2D eigenvalue weighted by Gasteiger charge is -2.14. The van der Waals surface area contributed by atoms with Crippen molar-refractivity contribution >= 4 is 23.2 Å². The van der Waals surface area contributed by atoms with E-state index in [2.05, 4.69) is 15.3 Å². The number of benzene rings is 1. The minimum Gasteiger partial charge on any atom is -0.348 e. The quantitative estimate of drug-likeness (QED) is 0.904. The molecule has 0 aliphatic carbocycles. The first-order valence-electron chi connectivity index (χ1n) is 6.00. The van der Waals surface area contributed by atoms with Crippen molar-refractivity contribution in [3.05, 3.63) is 47.0 Å². The summed E-state index contributed by atoms with van der Waals surface area (Å²) in [6, 6.07) is 3.21. The number of carbonyl (C=O) groups excluding carboxylic acids is 1. The summed E-state index contributed by atoms with van der Waals surface area (Å²) in [5.74, 6) is -0.516. The Kier molecular flexibility index (Phi) is 4.52. The topological polar surface area (TPSA) is 57.8 Å². The minimum absolute atomic E-state index is 0.0437. The van der Waals surface area contributed by atoms with Gasteiger partial charge in [-0.05, 0) is 24.6 Å². The van der Waals surface area contributed by atoms with E-state index in [1.807, 2.05) is 0 Å². The van der Waals surface area contributed by atoms with E-state index >= 15 is 0 Å². The predicted octanol–water partition coefficient (Wildman–Crippen LogP) is 3.65. The Hall–Kier alpha value is -2.02. The molecule has 0 spiro atoms. The summed E-state index contributed by atoms with van der Waals surface area (Å²) in [5, 5.41) is 2.21. The van der Waals surface area contributed by atoms with Gasteiger partial charge in [-0.25, -0.2) is 4.98 Å². The second kappa shape index (κ2) is 6.17. The van der Waals surface area contributed by atoms with Crippen LogP contribution in [0.15, 0.2) is 30.7 Å². The normalized spacial score (nSPS) is 11.4. The molecule has 4 nitrogen and oxygen atoms in total. The summed E-state index contributed by atoms with van der Waals surface area (Å²) < 4.78 is 38.6. The lowest BCUT2D eigenvalue weighted by molar-refractivity contribution is -0.137. The van der Waals surface area contributed by atoms with E-state index in [0.717, 1.165) is 17.8 Å². The lowest BCUT2D eigenvalue weighted by Crippen LogP contribution is -2.17. The van der Waals surface area contributed by atoms with Gasteiger partial charge in [-0.2, -0.15) is 13.2 Å². The summed E-state index contributed by atoms with van der Waals surface area (Å²) >= 11 is 5.56. The van der Waals surface area contributed by atoms with Crippen molar-refractivity contribution in [2.75, 3.05) is 5.32 Å². The highest BCUT2D eigenvalue weighted by molar-refractivity contribution is 6.30. The number of carbonyl (C=O) groups is 1. The van der Waals surface area contributed by atoms with E-state index in [9.17, 15) is 18.0 Å². The third kappa shape index (κ3) is 4.22. The third-order valence-corrected chi connectivity index (χ3v) is 2.97. The van der Waals surface area contributed by atoms with Crippen LogP contribution in [-0.4, -0.2) is 15.9 Å². The van der Waals surface area contributed by atoms with Gasteiger partial charge in [0, 0.05) is 23.3 Å². The van der Waals surface area contributed by atoms with Crippen LogP contribution in [0, 0.1) is 0 Å². The van der Waals surface area contributed by atoms with E-state index in [1.165, 1.54) is 12.4 Å². The zero-order valence-electron chi connectivity index (χ0n) is 10.7. The first kappa shape index (κ1) is 15.4. The Morgan fingerprint density at radius 2 is 2.14 bits per heavy atom. The second-order valence-electron chi connectivity index (χ2n) is 4.31. The fourth-order valence-electron chi connectivity index (χ4n) is 1.74. The Bertz CT molecular complexity index is 626. The molecule has 1 amide bonds. The molecule has 0 aliphatic rings. The Morgan fingerprint density at radius 3 is 2.76 bits per heavy atom. The summed E-state index contributed by atoms with van der Waals surface area (Å²) in [6.07, 6.45) is -1.16. The maximum Gasteiger partial charge on any atom is 0.418 e. The summed E-state index contributed by atoms with van der Waals surface area (Å²) in [6.45, 7) is 0. The van der Waals surface area contributed by atoms with Crippen molar-refractivity contribution < 1.29 is 18.0 Å². The number of nitrogens with one attached hydrogen (secondary N) is 2. The summed E-state index contributed by atoms with van der Waals surface area (Å²) in [7, 11) is 0. The SMILES string of the molecule is O=C(CCc1cnc[nH]1)Nc1ccc(Cl)cc1C(F)(F)F. The molecule has 0 unspecified atom stereocenters. The largest absolute Gasteiger partial charge is 0.418 e. The standard InChI is InChI=1S/C13H11ClF3N3O/c14-8-1-3-11(10(5-8)13(15,16)17)20-12(21)4-2-9-6-18-7-19-9/h1,3,5-7H,2,4H2,(H,18,19)(H,20,21). The monoisotopic (exact) mass is 317 g/mol. The van der Waals surface area contributed by atoms with Crippen LogP contribution >= 0.6 is 11.6 Å². The van der Waals surface area contributed by atoms with Crippen molar-refractivity contribution in [3.63, 3.8) is 0 Å². The van der Waals surface area contributed by atoms with Crippen LogP contribution in [0.25, 0.3) is 0 Å². The molecule has 0 saturated carbocycles. The van der Waals surface area contributed by atoms with Gasteiger partial charge >= 0.3 is 6.18 Å². The average Bonchev–Trinajstić information content (AvgIpc) is 2.90. The van der Waals surface area contributed by atoms with E-state index in [0.29, 0.717) is 6.42 Å². The van der Waals surface area contributed by atoms with Crippen LogP contribution in [0.3, 0.4) is 0 Å². The maximum atomic E-state index is 12.9. The molecule has 112 valence electrons. The molecule has 2 rings (SSSR count). The van der Waals surface area contributed by atoms with E-state index in [4.69, 9.17) is 11.6 Å². The molecule has 1 heterocycles. The van der Waals surface area contributed by atoms with Crippen LogP contribution < -0.4 is 5.32 Å². The third-order valence-electron chi connectivity index (χ3n) is 2.74. The Labute approximate surface area is 123 Å². The average molecular weight is 318 g/mol. The van der Waals surface area contributed by atoms with E-state index < -0.39 is 17.6 Å². The molecular weight excluding hydrogens is 307 g/mol. The van der Waals surface area contributed by atoms with Crippen LogP contribution in [0.4, 0.5) is 18.9 Å². The molecule has 2 aromatic rings. The van der Waals surface area contributed by atoms with Gasteiger partial charge in [-0.15, -0.1) is 0 Å². The lowest BCUT2D eigenvalue weighted by atomic mass is 10.1. The molecule has 2 N–H and O–H groups in total. The smallest absolute Gasteiger partial charge is 0.348 e. The molecule has 8 heteroatoms. The molecule has 1 aromatic heterocycles.